The van der Waals surface area contributed by atoms with Crippen LogP contribution in [0.5, 0.6) is 0 Å². The van der Waals surface area contributed by atoms with Crippen LogP contribution >= 0.6 is 0 Å². The molecule has 256 valence electrons. The van der Waals surface area contributed by atoms with E-state index >= 15 is 0 Å². The van der Waals surface area contributed by atoms with E-state index in [9.17, 15) is 71.5 Å². The molecule has 0 radical (unpaired) electrons. The quantitative estimate of drug-likeness (QED) is 0.0748. The van der Waals surface area contributed by atoms with Gasteiger partial charge in [0.05, 0.1) is 26.4 Å². The zero-order valence-corrected chi connectivity index (χ0v) is 25.6. The molecule has 16 N–H and O–H groups in total. The zero-order valence-electron chi connectivity index (χ0n) is 22.5. The van der Waals surface area contributed by atoms with E-state index in [0.29, 0.717) is 0 Å². The van der Waals surface area contributed by atoms with Crippen LogP contribution in [-0.2, 0) is 21.8 Å². The summed E-state index contributed by atoms with van der Waals surface area (Å²) in [7, 11) is -1.45. The van der Waals surface area contributed by atoms with Gasteiger partial charge >= 0.3 is 0 Å². The van der Waals surface area contributed by atoms with E-state index in [1.807, 2.05) is 0 Å². The third kappa shape index (κ3) is 12.1. The summed E-state index contributed by atoms with van der Waals surface area (Å²) in [6, 6.07) is 0. The molecule has 0 aromatic heterocycles. The molecule has 0 aromatic carbocycles. The summed E-state index contributed by atoms with van der Waals surface area (Å²) < 4.78 is 0. The van der Waals surface area contributed by atoms with Crippen LogP contribution in [0.25, 0.3) is 0 Å². The fourth-order valence-corrected chi connectivity index (χ4v) is 9.72. The average Bonchev–Trinajstić information content (AvgIpc) is 3.37. The van der Waals surface area contributed by atoms with Crippen LogP contribution in [0.15, 0.2) is 0 Å². The van der Waals surface area contributed by atoms with Gasteiger partial charge in [0.1, 0.15) is 96.3 Å². The predicted molar refractivity (Wildman–Crippen MR) is 142 cm³/mol. The van der Waals surface area contributed by atoms with E-state index in [1.54, 1.807) is 0 Å². The topological polar surface area (TPSA) is 324 Å². The van der Waals surface area contributed by atoms with E-state index < -0.39 is 119 Å². The van der Waals surface area contributed by atoms with Crippen molar-refractivity contribution in [1.82, 2.24) is 0 Å². The second kappa shape index (κ2) is 21.4. The SMILES string of the molecule is OC[C@@H](O)[C@@H](O)[C@H](O)[C@H](O)C[S+]1C[C@@H](O)[C@H](O)[C@H]1CO.OC[C@@H]1[C@@H](O)[C@H](O)C[S+]1C[C@@H](O)[C@@H](O)[C@H](O)[C@@H](O)CO.[Cl-].[Cl-]. The number of halogens is 2. The fourth-order valence-electron chi connectivity index (χ4n) is 4.35. The minimum atomic E-state index is -1.70. The van der Waals surface area contributed by atoms with Gasteiger partial charge in [-0.25, -0.2) is 0 Å². The van der Waals surface area contributed by atoms with Gasteiger partial charge in [-0.15, -0.1) is 0 Å². The molecule has 2 fully saturated rings. The highest BCUT2D eigenvalue weighted by atomic mass is 35.5. The monoisotopic (exact) mass is 700 g/mol. The van der Waals surface area contributed by atoms with Crippen LogP contribution in [-0.4, -0.2) is 215 Å². The van der Waals surface area contributed by atoms with Gasteiger partial charge in [-0.2, -0.15) is 0 Å². The molecule has 0 bridgehead atoms. The van der Waals surface area contributed by atoms with Gasteiger partial charge in [0.2, 0.25) is 0 Å². The molecule has 2 aliphatic heterocycles. The van der Waals surface area contributed by atoms with E-state index in [-0.39, 0.29) is 61.0 Å². The van der Waals surface area contributed by atoms with E-state index in [2.05, 4.69) is 0 Å². The molecule has 0 spiro atoms. The lowest BCUT2D eigenvalue weighted by molar-refractivity contribution is -0.109. The highest BCUT2D eigenvalue weighted by Gasteiger charge is 2.52. The normalized spacial score (nSPS) is 34.9. The zero-order chi connectivity index (χ0) is 30.9. The lowest BCUT2D eigenvalue weighted by atomic mass is 10.0. The Morgan fingerprint density at radius 2 is 0.738 bits per heavy atom. The molecule has 2 saturated heterocycles. The predicted octanol–water partition coefficient (Wildman–Crippen LogP) is -15.7. The van der Waals surface area contributed by atoms with Crippen molar-refractivity contribution in [3.05, 3.63) is 0 Å². The summed E-state index contributed by atoms with van der Waals surface area (Å²) in [4.78, 5) is 0. The Bertz CT molecular complexity index is 655. The Hall–Kier alpha value is 0.640. The van der Waals surface area contributed by atoms with E-state index in [1.165, 1.54) is 0 Å². The van der Waals surface area contributed by atoms with Crippen LogP contribution in [0.1, 0.15) is 0 Å². The second-order valence-corrected chi connectivity index (χ2v) is 14.6. The summed E-state index contributed by atoms with van der Waals surface area (Å²) in [6.07, 6.45) is -16.8. The summed E-state index contributed by atoms with van der Waals surface area (Å²) in [5, 5.41) is 149. The average molecular weight is 702 g/mol. The van der Waals surface area contributed by atoms with Crippen molar-refractivity contribution in [1.29, 1.82) is 0 Å². The maximum atomic E-state index is 9.84. The Morgan fingerprint density at radius 3 is 0.976 bits per heavy atom. The van der Waals surface area contributed by atoms with Gasteiger partial charge in [-0.3, -0.25) is 0 Å². The summed E-state index contributed by atoms with van der Waals surface area (Å²) in [5.74, 6) is 0.315. The van der Waals surface area contributed by atoms with Crippen molar-refractivity contribution in [2.45, 2.75) is 83.7 Å². The summed E-state index contributed by atoms with van der Waals surface area (Å²) >= 11 is 0. The first-order valence-electron chi connectivity index (χ1n) is 12.6. The lowest BCUT2D eigenvalue weighted by Gasteiger charge is -2.25. The molecule has 0 aromatic rings. The first kappa shape index (κ1) is 44.8. The number of aliphatic hydroxyl groups is 16. The molecule has 2 unspecified atom stereocenters. The third-order valence-corrected chi connectivity index (χ3v) is 12.6. The van der Waals surface area contributed by atoms with Crippen molar-refractivity contribution in [2.24, 2.45) is 0 Å². The molecule has 2 heterocycles. The highest BCUT2D eigenvalue weighted by Crippen LogP contribution is 2.26. The Labute approximate surface area is 261 Å². The number of aliphatic hydroxyl groups excluding tert-OH is 16. The molecule has 20 heteroatoms. The van der Waals surface area contributed by atoms with Crippen LogP contribution in [0.3, 0.4) is 0 Å². The molecular formula is C22H46Cl2O16S2. The fraction of sp³-hybridized carbons (Fsp3) is 1.00. The lowest BCUT2D eigenvalue weighted by Crippen LogP contribution is -3.00. The van der Waals surface area contributed by atoms with E-state index in [0.717, 1.165) is 0 Å². The molecule has 0 saturated carbocycles. The standard InChI is InChI=1S/2C11H23O8S.2ClH/c2*12-1-5(14)10(18)11(19)7(16)4-20-3-6(15)9(17)8(20)2-13;;/h2*5-19H,1-4H2;2*1H/q2*+1;;/p-2/t5-,6+,7+,8+,9-,10+,11+,20?;5-,6-,7-,8-,9+,10-,11-,20?;;/m01../s1. The molecule has 2 rings (SSSR count). The molecule has 42 heavy (non-hydrogen) atoms. The molecule has 0 aliphatic carbocycles. The van der Waals surface area contributed by atoms with Crippen LogP contribution < -0.4 is 24.8 Å². The second-order valence-electron chi connectivity index (χ2n) is 9.90. The van der Waals surface area contributed by atoms with Crippen LogP contribution in [0, 0.1) is 0 Å². The van der Waals surface area contributed by atoms with Gasteiger partial charge in [-0.1, -0.05) is 0 Å². The number of hydrogen-bond acceptors (Lipinski definition) is 16. The summed E-state index contributed by atoms with van der Waals surface area (Å²) in [6.45, 7) is -2.22. The smallest absolute Gasteiger partial charge is 0.169 e. The maximum Gasteiger partial charge on any atom is 0.169 e. The van der Waals surface area contributed by atoms with Crippen molar-refractivity contribution in [3.63, 3.8) is 0 Å². The van der Waals surface area contributed by atoms with E-state index in [4.69, 9.17) is 10.2 Å². The van der Waals surface area contributed by atoms with Crippen molar-refractivity contribution < 1.29 is 107 Å². The maximum absolute atomic E-state index is 9.84. The highest BCUT2D eigenvalue weighted by molar-refractivity contribution is 7.98. The minimum absolute atomic E-state index is 0. The van der Waals surface area contributed by atoms with Gasteiger partial charge < -0.3 is 107 Å². The molecule has 0 amide bonds. The van der Waals surface area contributed by atoms with Crippen molar-refractivity contribution >= 4 is 21.8 Å². The van der Waals surface area contributed by atoms with Gasteiger partial charge in [0.15, 0.2) is 10.5 Å². The molecular weight excluding hydrogens is 655 g/mol. The van der Waals surface area contributed by atoms with Gasteiger partial charge in [-0.05, 0) is 0 Å². The Kier molecular flexibility index (Phi) is 22.8. The minimum Gasteiger partial charge on any atom is -1.00 e. The molecule has 16 atom stereocenters. The largest absolute Gasteiger partial charge is 1.00 e. The van der Waals surface area contributed by atoms with Crippen LogP contribution in [0.4, 0.5) is 0 Å². The summed E-state index contributed by atoms with van der Waals surface area (Å²) in [5.41, 5.74) is 0. The van der Waals surface area contributed by atoms with Crippen molar-refractivity contribution in [3.8, 4) is 0 Å². The first-order valence-corrected chi connectivity index (χ1v) is 15.8. The van der Waals surface area contributed by atoms with Crippen molar-refractivity contribution in [2.75, 3.05) is 49.4 Å². The van der Waals surface area contributed by atoms with Gasteiger partial charge in [0, 0.05) is 21.8 Å². The van der Waals surface area contributed by atoms with Crippen LogP contribution in [0.2, 0.25) is 0 Å². The third-order valence-electron chi connectivity index (χ3n) is 6.96. The Balaban J connectivity index is 0. The molecule has 2 aliphatic rings. The Morgan fingerprint density at radius 1 is 0.476 bits per heavy atom. The number of hydrogen-bond donors (Lipinski definition) is 16. The molecule has 16 nitrogen and oxygen atoms in total. The van der Waals surface area contributed by atoms with Gasteiger partial charge in [0.25, 0.3) is 0 Å². The first-order chi connectivity index (χ1) is 18.7. The number of rotatable bonds is 14.